The lowest BCUT2D eigenvalue weighted by molar-refractivity contribution is -0.336. The fraction of sp³-hybridized carbons (Fsp3) is 0.250. The number of hydrogen-bond acceptors (Lipinski definition) is 1. The third-order valence-electron chi connectivity index (χ3n) is 3.68. The van der Waals surface area contributed by atoms with E-state index in [0.717, 1.165) is 18.2 Å². The van der Waals surface area contributed by atoms with E-state index >= 15 is 0 Å². The number of rotatable bonds is 3. The molecule has 0 aromatic heterocycles. The predicted molar refractivity (Wildman–Crippen MR) is 79.6 cm³/mol. The van der Waals surface area contributed by atoms with Gasteiger partial charge in [0.25, 0.3) is 0 Å². The number of alkyl halides is 8. The first-order valence-electron chi connectivity index (χ1n) is 6.82. The standard InChI is InChI=1S/C16H9BrF8O/c17-12-7-2-1-6-11(12)13(26,15(21,22)16(23,24)25)9-4-3-5-10(8-9)14(18,19)20/h1-8,26H. The summed E-state index contributed by atoms with van der Waals surface area (Å²) in [6, 6.07) is 6.00. The van der Waals surface area contributed by atoms with Crippen LogP contribution in [0.2, 0.25) is 0 Å². The van der Waals surface area contributed by atoms with Crippen LogP contribution in [0.25, 0.3) is 0 Å². The highest BCUT2D eigenvalue weighted by molar-refractivity contribution is 9.10. The minimum atomic E-state index is -6.23. The molecule has 1 unspecified atom stereocenters. The highest BCUT2D eigenvalue weighted by Gasteiger charge is 2.71. The molecule has 2 rings (SSSR count). The van der Waals surface area contributed by atoms with Gasteiger partial charge < -0.3 is 5.11 Å². The third kappa shape index (κ3) is 3.32. The smallest absolute Gasteiger partial charge is 0.374 e. The lowest BCUT2D eigenvalue weighted by Gasteiger charge is -2.38. The first-order chi connectivity index (χ1) is 11.7. The molecule has 1 nitrogen and oxygen atoms in total. The summed E-state index contributed by atoms with van der Waals surface area (Å²) in [6.07, 6.45) is -11.2. The molecule has 26 heavy (non-hydrogen) atoms. The van der Waals surface area contributed by atoms with E-state index in [1.165, 1.54) is 6.07 Å². The fourth-order valence-electron chi connectivity index (χ4n) is 2.39. The van der Waals surface area contributed by atoms with E-state index in [4.69, 9.17) is 0 Å². The van der Waals surface area contributed by atoms with Gasteiger partial charge in [0, 0.05) is 10.0 Å². The summed E-state index contributed by atoms with van der Waals surface area (Å²) < 4.78 is 106. The summed E-state index contributed by atoms with van der Waals surface area (Å²) in [5.74, 6) is -5.78. The van der Waals surface area contributed by atoms with E-state index in [0.29, 0.717) is 18.2 Å². The first-order valence-corrected chi connectivity index (χ1v) is 7.62. The van der Waals surface area contributed by atoms with Crippen molar-refractivity contribution in [2.24, 2.45) is 0 Å². The Labute approximate surface area is 150 Å². The van der Waals surface area contributed by atoms with Gasteiger partial charge in [0.1, 0.15) is 0 Å². The maximum absolute atomic E-state index is 14.3. The molecule has 0 aliphatic heterocycles. The number of hydrogen-bond donors (Lipinski definition) is 1. The summed E-state index contributed by atoms with van der Waals surface area (Å²) in [5.41, 5.74) is -7.74. The summed E-state index contributed by atoms with van der Waals surface area (Å²) in [4.78, 5) is 0. The quantitative estimate of drug-likeness (QED) is 0.579. The number of halogens is 9. The molecule has 2 aromatic rings. The molecule has 2 aromatic carbocycles. The van der Waals surface area contributed by atoms with Crippen LogP contribution in [0.4, 0.5) is 35.1 Å². The number of benzene rings is 2. The van der Waals surface area contributed by atoms with Gasteiger partial charge >= 0.3 is 18.3 Å². The molecule has 0 fully saturated rings. The average molecular weight is 449 g/mol. The summed E-state index contributed by atoms with van der Waals surface area (Å²) >= 11 is 2.76. The van der Waals surface area contributed by atoms with Crippen molar-refractivity contribution < 1.29 is 40.2 Å². The van der Waals surface area contributed by atoms with Gasteiger partial charge in [0.2, 0.25) is 0 Å². The SMILES string of the molecule is OC(c1cccc(C(F)(F)F)c1)(c1ccccc1Br)C(F)(F)C(F)(F)F. The second kappa shape index (κ2) is 6.49. The van der Waals surface area contributed by atoms with E-state index in [1.54, 1.807) is 0 Å². The van der Waals surface area contributed by atoms with Crippen LogP contribution in [-0.2, 0) is 11.8 Å². The van der Waals surface area contributed by atoms with Gasteiger partial charge in [-0.1, -0.05) is 46.3 Å². The van der Waals surface area contributed by atoms with Crippen molar-refractivity contribution in [3.63, 3.8) is 0 Å². The molecule has 0 aliphatic rings. The third-order valence-corrected chi connectivity index (χ3v) is 4.37. The summed E-state index contributed by atoms with van der Waals surface area (Å²) in [5, 5.41) is 10.5. The van der Waals surface area contributed by atoms with Crippen molar-refractivity contribution in [2.75, 3.05) is 0 Å². The molecule has 10 heteroatoms. The molecule has 142 valence electrons. The van der Waals surface area contributed by atoms with Crippen molar-refractivity contribution in [3.8, 4) is 0 Å². The molecule has 0 aliphatic carbocycles. The molecule has 0 amide bonds. The van der Waals surface area contributed by atoms with Crippen LogP contribution < -0.4 is 0 Å². The second-order valence-corrected chi connectivity index (χ2v) is 6.20. The monoisotopic (exact) mass is 448 g/mol. The van der Waals surface area contributed by atoms with E-state index in [-0.39, 0.29) is 10.5 Å². The van der Waals surface area contributed by atoms with Crippen molar-refractivity contribution in [1.29, 1.82) is 0 Å². The minimum Gasteiger partial charge on any atom is -0.374 e. The zero-order valence-electron chi connectivity index (χ0n) is 12.5. The highest BCUT2D eigenvalue weighted by Crippen LogP contribution is 2.53. The van der Waals surface area contributed by atoms with Gasteiger partial charge in [0.05, 0.1) is 5.56 Å². The van der Waals surface area contributed by atoms with Gasteiger partial charge in [-0.15, -0.1) is 0 Å². The normalized spacial score (nSPS) is 15.6. The van der Waals surface area contributed by atoms with Crippen LogP contribution in [0.5, 0.6) is 0 Å². The molecule has 0 radical (unpaired) electrons. The molecule has 0 saturated carbocycles. The van der Waals surface area contributed by atoms with E-state index in [1.807, 2.05) is 0 Å². The predicted octanol–water partition coefficient (Wildman–Crippen LogP) is 5.90. The van der Waals surface area contributed by atoms with Crippen LogP contribution in [0.15, 0.2) is 53.0 Å². The van der Waals surface area contributed by atoms with Crippen molar-refractivity contribution in [3.05, 3.63) is 69.7 Å². The van der Waals surface area contributed by atoms with Crippen LogP contribution >= 0.6 is 15.9 Å². The van der Waals surface area contributed by atoms with Gasteiger partial charge in [-0.2, -0.15) is 35.1 Å². The zero-order valence-corrected chi connectivity index (χ0v) is 14.1. The molecule has 1 N–H and O–H groups in total. The molecule has 0 saturated heterocycles. The van der Waals surface area contributed by atoms with Gasteiger partial charge in [-0.3, -0.25) is 0 Å². The van der Waals surface area contributed by atoms with E-state index < -0.39 is 40.6 Å². The zero-order chi connectivity index (χ0) is 20.0. The minimum absolute atomic E-state index is 0.0685. The molecule has 1 atom stereocenters. The fourth-order valence-corrected chi connectivity index (χ4v) is 2.96. The molecule has 0 spiro atoms. The summed E-state index contributed by atoms with van der Waals surface area (Å²) in [7, 11) is 0. The Morgan fingerprint density at radius 3 is 1.77 bits per heavy atom. The van der Waals surface area contributed by atoms with Crippen molar-refractivity contribution in [1.82, 2.24) is 0 Å². The lowest BCUT2D eigenvalue weighted by Crippen LogP contribution is -2.55. The Kier molecular flexibility index (Phi) is 5.15. The van der Waals surface area contributed by atoms with Crippen LogP contribution in [0.3, 0.4) is 0 Å². The van der Waals surface area contributed by atoms with Gasteiger partial charge in [0.15, 0.2) is 5.60 Å². The summed E-state index contributed by atoms with van der Waals surface area (Å²) in [6.45, 7) is 0. The molecular weight excluding hydrogens is 440 g/mol. The van der Waals surface area contributed by atoms with Crippen LogP contribution in [0, 0.1) is 0 Å². The van der Waals surface area contributed by atoms with Crippen molar-refractivity contribution in [2.45, 2.75) is 23.9 Å². The Balaban J connectivity index is 2.85. The largest absolute Gasteiger partial charge is 0.457 e. The Hall–Kier alpha value is -1.68. The molecule has 0 heterocycles. The van der Waals surface area contributed by atoms with E-state index in [9.17, 15) is 40.2 Å². The Morgan fingerprint density at radius 2 is 1.27 bits per heavy atom. The Bertz CT molecular complexity index is 799. The van der Waals surface area contributed by atoms with E-state index in [2.05, 4.69) is 15.9 Å². The molecule has 0 bridgehead atoms. The maximum atomic E-state index is 14.3. The van der Waals surface area contributed by atoms with Crippen molar-refractivity contribution >= 4 is 15.9 Å². The Morgan fingerprint density at radius 1 is 0.731 bits per heavy atom. The lowest BCUT2D eigenvalue weighted by atomic mass is 9.80. The van der Waals surface area contributed by atoms with Crippen LogP contribution in [-0.4, -0.2) is 17.2 Å². The number of aliphatic hydroxyl groups is 1. The van der Waals surface area contributed by atoms with Gasteiger partial charge in [-0.25, -0.2) is 0 Å². The maximum Gasteiger partial charge on any atom is 0.457 e. The van der Waals surface area contributed by atoms with Crippen LogP contribution in [0.1, 0.15) is 16.7 Å². The van der Waals surface area contributed by atoms with Gasteiger partial charge in [-0.05, 0) is 23.8 Å². The average Bonchev–Trinajstić information content (AvgIpc) is 2.52. The first kappa shape index (κ1) is 20.6. The topological polar surface area (TPSA) is 20.2 Å². The molecular formula is C16H9BrF8O. The second-order valence-electron chi connectivity index (χ2n) is 5.34. The highest BCUT2D eigenvalue weighted by atomic mass is 79.9.